The van der Waals surface area contributed by atoms with Crippen molar-refractivity contribution in [3.63, 3.8) is 0 Å². The zero-order chi connectivity index (χ0) is 19.2. The summed E-state index contributed by atoms with van der Waals surface area (Å²) in [6.07, 6.45) is 3.20. The molecule has 0 spiro atoms. The van der Waals surface area contributed by atoms with Gasteiger partial charge in [0.05, 0.1) is 16.8 Å². The highest BCUT2D eigenvalue weighted by Crippen LogP contribution is 2.15. The first-order valence-electron chi connectivity index (χ1n) is 7.86. The lowest BCUT2D eigenvalue weighted by atomic mass is 10.1. The molecule has 0 aliphatic rings. The number of sulfonamides is 1. The lowest BCUT2D eigenvalue weighted by Crippen LogP contribution is -2.28. The molecule has 0 saturated carbocycles. The number of hydrogen-bond acceptors (Lipinski definition) is 5. The van der Waals surface area contributed by atoms with E-state index in [1.54, 1.807) is 31.3 Å². The molecule has 2 rings (SSSR count). The molecule has 0 saturated heterocycles. The summed E-state index contributed by atoms with van der Waals surface area (Å²) in [5, 5.41) is 5.29. The summed E-state index contributed by atoms with van der Waals surface area (Å²) >= 11 is 0. The van der Waals surface area contributed by atoms with Crippen molar-refractivity contribution in [3.8, 4) is 0 Å². The van der Waals surface area contributed by atoms with Crippen LogP contribution in [0.3, 0.4) is 0 Å². The molecule has 1 aromatic carbocycles. The molecule has 2 amide bonds. The van der Waals surface area contributed by atoms with E-state index in [0.717, 1.165) is 0 Å². The Morgan fingerprint density at radius 2 is 1.96 bits per heavy atom. The largest absolute Gasteiger partial charge is 0.352 e. The molecule has 0 fully saturated rings. The maximum atomic E-state index is 12.3. The lowest BCUT2D eigenvalue weighted by Gasteiger charge is -2.10. The number of benzene rings is 1. The molecule has 0 unspecified atom stereocenters. The second-order valence-corrected chi connectivity index (χ2v) is 7.37. The molecule has 0 atom stereocenters. The summed E-state index contributed by atoms with van der Waals surface area (Å²) in [5.41, 5.74) is 1.45. The normalized spacial score (nSPS) is 11.0. The predicted octanol–water partition coefficient (Wildman–Crippen LogP) is 1.06. The molecule has 9 heteroatoms. The van der Waals surface area contributed by atoms with Crippen LogP contribution in [-0.2, 0) is 14.8 Å². The van der Waals surface area contributed by atoms with Crippen LogP contribution >= 0.6 is 0 Å². The molecule has 0 radical (unpaired) electrons. The zero-order valence-corrected chi connectivity index (χ0v) is 15.3. The van der Waals surface area contributed by atoms with Gasteiger partial charge in [-0.2, -0.15) is 0 Å². The monoisotopic (exact) mass is 376 g/mol. The number of rotatable bonds is 7. The number of aryl methyl sites for hydroxylation is 1. The zero-order valence-electron chi connectivity index (χ0n) is 14.4. The Morgan fingerprint density at radius 3 is 2.62 bits per heavy atom. The van der Waals surface area contributed by atoms with Gasteiger partial charge in [-0.05, 0) is 43.8 Å². The van der Waals surface area contributed by atoms with Crippen LogP contribution in [0.25, 0.3) is 0 Å². The Kier molecular flexibility index (Phi) is 6.42. The van der Waals surface area contributed by atoms with Crippen molar-refractivity contribution in [2.75, 3.05) is 18.9 Å². The van der Waals surface area contributed by atoms with E-state index in [4.69, 9.17) is 0 Å². The molecule has 0 bridgehead atoms. The molecule has 8 nitrogen and oxygen atoms in total. The van der Waals surface area contributed by atoms with Gasteiger partial charge in [-0.15, -0.1) is 0 Å². The van der Waals surface area contributed by atoms with Gasteiger partial charge in [-0.3, -0.25) is 14.6 Å². The van der Waals surface area contributed by atoms with Crippen LogP contribution < -0.4 is 15.4 Å². The summed E-state index contributed by atoms with van der Waals surface area (Å²) in [6, 6.07) is 7.71. The summed E-state index contributed by atoms with van der Waals surface area (Å²) < 4.78 is 25.9. The minimum atomic E-state index is -3.64. The number of anilines is 1. The van der Waals surface area contributed by atoms with Gasteiger partial charge in [0.25, 0.3) is 5.91 Å². The SMILES string of the molecule is CNS(=O)(=O)c1ccc(C)c(C(=O)NCCC(=O)Nc2cccnc2)c1. The van der Waals surface area contributed by atoms with E-state index in [0.29, 0.717) is 11.3 Å². The van der Waals surface area contributed by atoms with Crippen LogP contribution in [0.5, 0.6) is 0 Å². The van der Waals surface area contributed by atoms with Gasteiger partial charge in [0.1, 0.15) is 0 Å². The van der Waals surface area contributed by atoms with Crippen molar-refractivity contribution in [1.82, 2.24) is 15.0 Å². The summed E-state index contributed by atoms with van der Waals surface area (Å²) in [6.45, 7) is 1.83. The first-order chi connectivity index (χ1) is 12.3. The van der Waals surface area contributed by atoms with E-state index in [9.17, 15) is 18.0 Å². The molecule has 138 valence electrons. The Labute approximate surface area is 152 Å². The molecule has 2 aromatic rings. The van der Waals surface area contributed by atoms with Crippen molar-refractivity contribution in [2.45, 2.75) is 18.2 Å². The van der Waals surface area contributed by atoms with Gasteiger partial charge in [0.2, 0.25) is 15.9 Å². The standard InChI is InChI=1S/C17H20N4O4S/c1-12-5-6-14(26(24,25)18-2)10-15(12)17(23)20-9-7-16(22)21-13-4-3-8-19-11-13/h3-6,8,10-11,18H,7,9H2,1-2H3,(H,20,23)(H,21,22). The number of amides is 2. The molecule has 1 aromatic heterocycles. The summed E-state index contributed by atoms with van der Waals surface area (Å²) in [7, 11) is -2.34. The Morgan fingerprint density at radius 1 is 1.19 bits per heavy atom. The van der Waals surface area contributed by atoms with Gasteiger partial charge in [-0.25, -0.2) is 13.1 Å². The fourth-order valence-corrected chi connectivity index (χ4v) is 2.93. The molecule has 26 heavy (non-hydrogen) atoms. The minimum absolute atomic E-state index is 0.00470. The van der Waals surface area contributed by atoms with E-state index in [1.807, 2.05) is 0 Å². The maximum absolute atomic E-state index is 12.3. The van der Waals surface area contributed by atoms with Crippen molar-refractivity contribution in [1.29, 1.82) is 0 Å². The summed E-state index contributed by atoms with van der Waals surface area (Å²) in [5.74, 6) is -0.702. The van der Waals surface area contributed by atoms with Gasteiger partial charge < -0.3 is 10.6 Å². The average Bonchev–Trinajstić information content (AvgIpc) is 2.62. The molecule has 3 N–H and O–H groups in total. The number of carbonyl (C=O) groups excluding carboxylic acids is 2. The average molecular weight is 376 g/mol. The highest BCUT2D eigenvalue weighted by atomic mass is 32.2. The second-order valence-electron chi connectivity index (χ2n) is 5.48. The fraction of sp³-hybridized carbons (Fsp3) is 0.235. The first-order valence-corrected chi connectivity index (χ1v) is 9.34. The second kappa shape index (κ2) is 8.54. The topological polar surface area (TPSA) is 117 Å². The molecule has 1 heterocycles. The Bertz CT molecular complexity index is 898. The van der Waals surface area contributed by atoms with Crippen LogP contribution in [0.15, 0.2) is 47.6 Å². The van der Waals surface area contributed by atoms with Crippen LogP contribution in [0.2, 0.25) is 0 Å². The van der Waals surface area contributed by atoms with Gasteiger partial charge in [0.15, 0.2) is 0 Å². The van der Waals surface area contributed by atoms with Gasteiger partial charge in [-0.1, -0.05) is 6.07 Å². The van der Waals surface area contributed by atoms with Crippen molar-refractivity contribution < 1.29 is 18.0 Å². The quantitative estimate of drug-likeness (QED) is 0.668. The first kappa shape index (κ1) is 19.5. The third-order valence-corrected chi connectivity index (χ3v) is 5.03. The fourth-order valence-electron chi connectivity index (χ4n) is 2.18. The number of hydrogen-bond donors (Lipinski definition) is 3. The molecule has 0 aliphatic carbocycles. The highest BCUT2D eigenvalue weighted by Gasteiger charge is 2.16. The molecule has 0 aliphatic heterocycles. The number of carbonyl (C=O) groups is 2. The molecular weight excluding hydrogens is 356 g/mol. The van der Waals surface area contributed by atoms with E-state index < -0.39 is 15.9 Å². The van der Waals surface area contributed by atoms with Crippen LogP contribution in [0.4, 0.5) is 5.69 Å². The van der Waals surface area contributed by atoms with Crippen LogP contribution in [-0.4, -0.2) is 38.8 Å². The molecular formula is C17H20N4O4S. The van der Waals surface area contributed by atoms with Crippen molar-refractivity contribution in [2.24, 2.45) is 0 Å². The summed E-state index contributed by atoms with van der Waals surface area (Å²) in [4.78, 5) is 28.0. The van der Waals surface area contributed by atoms with Gasteiger partial charge >= 0.3 is 0 Å². The third kappa shape index (κ3) is 5.11. The van der Waals surface area contributed by atoms with Crippen molar-refractivity contribution >= 4 is 27.5 Å². The van der Waals surface area contributed by atoms with E-state index in [1.165, 1.54) is 25.4 Å². The maximum Gasteiger partial charge on any atom is 0.251 e. The Balaban J connectivity index is 1.95. The number of nitrogens with one attached hydrogen (secondary N) is 3. The predicted molar refractivity (Wildman–Crippen MR) is 97.2 cm³/mol. The van der Waals surface area contributed by atoms with Crippen LogP contribution in [0.1, 0.15) is 22.3 Å². The van der Waals surface area contributed by atoms with E-state index in [2.05, 4.69) is 20.3 Å². The van der Waals surface area contributed by atoms with Crippen LogP contribution in [0, 0.1) is 6.92 Å². The smallest absolute Gasteiger partial charge is 0.251 e. The Hall–Kier alpha value is -2.78. The number of pyridine rings is 1. The lowest BCUT2D eigenvalue weighted by molar-refractivity contribution is -0.116. The van der Waals surface area contributed by atoms with E-state index >= 15 is 0 Å². The van der Waals surface area contributed by atoms with Crippen molar-refractivity contribution in [3.05, 3.63) is 53.9 Å². The minimum Gasteiger partial charge on any atom is -0.352 e. The number of aromatic nitrogens is 1. The van der Waals surface area contributed by atoms with E-state index in [-0.39, 0.29) is 29.3 Å². The van der Waals surface area contributed by atoms with Gasteiger partial charge in [0, 0.05) is 24.7 Å². The highest BCUT2D eigenvalue weighted by molar-refractivity contribution is 7.89. The third-order valence-electron chi connectivity index (χ3n) is 3.62. The number of nitrogens with zero attached hydrogens (tertiary/aromatic N) is 1.